The number of carbonyl (C=O) groups is 2. The smallest absolute Gasteiger partial charge is 0.237 e. The first-order valence-electron chi connectivity index (χ1n) is 12.7. The molecular weight excluding hydrogens is 523 g/mol. The number of unbranched alkanes of at least 4 members (excludes halogenated alkanes) is 3. The van der Waals surface area contributed by atoms with E-state index < -0.39 is 12.1 Å². The highest BCUT2D eigenvalue weighted by molar-refractivity contribution is 5.87. The summed E-state index contributed by atoms with van der Waals surface area (Å²) >= 11 is 0. The molecule has 0 saturated carbocycles. The minimum absolute atomic E-state index is 0. The summed E-state index contributed by atoms with van der Waals surface area (Å²) in [6.07, 6.45) is 8.52. The lowest BCUT2D eigenvalue weighted by molar-refractivity contribution is -0.123. The molecule has 8 N–H and O–H groups in total. The van der Waals surface area contributed by atoms with E-state index >= 15 is 0 Å². The quantitative estimate of drug-likeness (QED) is 0.138. The Hall–Kier alpha value is -3.04. The van der Waals surface area contributed by atoms with Crippen LogP contribution in [0.1, 0.15) is 36.8 Å². The van der Waals surface area contributed by atoms with Crippen LogP contribution < -0.4 is 22.1 Å². The van der Waals surface area contributed by atoms with Gasteiger partial charge in [0.25, 0.3) is 0 Å². The van der Waals surface area contributed by atoms with Gasteiger partial charge in [-0.3, -0.25) is 9.59 Å². The predicted molar refractivity (Wildman–Crippen MR) is 159 cm³/mol. The molecule has 10 heteroatoms. The molecule has 0 saturated heterocycles. The molecule has 2 aromatic heterocycles. The molecule has 0 fully saturated rings. The Morgan fingerprint density at radius 2 is 1.05 bits per heavy atom. The molecule has 38 heavy (non-hydrogen) atoms. The standard InChI is InChI=1S/C28H36N6O2.2ClH/c29-23(15-19-17-33-25-11-5-3-9-21(19)25)27(35)31-13-7-1-2-8-14-32-28(36)24(30)16-20-18-34-26-12-6-4-10-22(20)26;;/h3-6,9-12,17-18,23-24,33-34H,1-2,7-8,13-16,29-30H2,(H,31,35)(H,32,36);2*1H. The Morgan fingerprint density at radius 3 is 1.47 bits per heavy atom. The van der Waals surface area contributed by atoms with Crippen LogP contribution in [0, 0.1) is 0 Å². The van der Waals surface area contributed by atoms with Crippen molar-refractivity contribution in [1.82, 2.24) is 20.6 Å². The molecule has 0 aliphatic rings. The molecule has 2 amide bonds. The fraction of sp³-hybridized carbons (Fsp3) is 0.357. The molecule has 0 aliphatic carbocycles. The van der Waals surface area contributed by atoms with Crippen molar-refractivity contribution in [1.29, 1.82) is 0 Å². The second-order valence-corrected chi connectivity index (χ2v) is 9.34. The second-order valence-electron chi connectivity index (χ2n) is 9.34. The van der Waals surface area contributed by atoms with Gasteiger partial charge in [0.2, 0.25) is 11.8 Å². The van der Waals surface area contributed by atoms with Crippen LogP contribution in [0.5, 0.6) is 0 Å². The number of benzene rings is 2. The number of aromatic amines is 2. The zero-order valence-electron chi connectivity index (χ0n) is 21.4. The van der Waals surface area contributed by atoms with Gasteiger partial charge >= 0.3 is 0 Å². The third kappa shape index (κ3) is 8.23. The fourth-order valence-electron chi connectivity index (χ4n) is 4.55. The van der Waals surface area contributed by atoms with Gasteiger partial charge in [0, 0.05) is 47.3 Å². The number of para-hydroxylation sites is 2. The number of fused-ring (bicyclic) bond motifs is 2. The average molecular weight is 562 g/mol. The van der Waals surface area contributed by atoms with E-state index in [1.165, 1.54) is 0 Å². The highest BCUT2D eigenvalue weighted by atomic mass is 35.5. The number of halogens is 2. The summed E-state index contributed by atoms with van der Waals surface area (Å²) in [5.41, 5.74) is 16.5. The lowest BCUT2D eigenvalue weighted by atomic mass is 10.0. The van der Waals surface area contributed by atoms with E-state index in [2.05, 4.69) is 20.6 Å². The first kappa shape index (κ1) is 31.2. The van der Waals surface area contributed by atoms with Gasteiger partial charge in [-0.15, -0.1) is 24.8 Å². The van der Waals surface area contributed by atoms with E-state index in [1.54, 1.807) is 0 Å². The molecule has 0 bridgehead atoms. The average Bonchev–Trinajstić information content (AvgIpc) is 3.49. The minimum Gasteiger partial charge on any atom is -0.361 e. The summed E-state index contributed by atoms with van der Waals surface area (Å²) in [7, 11) is 0. The van der Waals surface area contributed by atoms with E-state index in [1.807, 2.05) is 60.9 Å². The molecule has 2 atom stereocenters. The van der Waals surface area contributed by atoms with E-state index in [9.17, 15) is 9.59 Å². The van der Waals surface area contributed by atoms with E-state index in [4.69, 9.17) is 11.5 Å². The lowest BCUT2D eigenvalue weighted by Gasteiger charge is -2.13. The summed E-state index contributed by atoms with van der Waals surface area (Å²) in [6.45, 7) is 1.20. The Balaban J connectivity index is 0.00000253. The highest BCUT2D eigenvalue weighted by Crippen LogP contribution is 2.19. The highest BCUT2D eigenvalue weighted by Gasteiger charge is 2.17. The topological polar surface area (TPSA) is 142 Å². The van der Waals surface area contributed by atoms with Gasteiger partial charge in [-0.1, -0.05) is 49.2 Å². The van der Waals surface area contributed by atoms with Gasteiger partial charge in [0.15, 0.2) is 0 Å². The third-order valence-corrected chi connectivity index (χ3v) is 6.61. The third-order valence-electron chi connectivity index (χ3n) is 6.61. The molecule has 206 valence electrons. The first-order chi connectivity index (χ1) is 17.5. The zero-order valence-corrected chi connectivity index (χ0v) is 23.0. The van der Waals surface area contributed by atoms with Gasteiger partial charge in [-0.25, -0.2) is 0 Å². The molecule has 4 aromatic rings. The van der Waals surface area contributed by atoms with Crippen molar-refractivity contribution in [3.8, 4) is 0 Å². The van der Waals surface area contributed by atoms with Gasteiger partial charge in [-0.05, 0) is 48.9 Å². The van der Waals surface area contributed by atoms with Crippen molar-refractivity contribution in [3.05, 3.63) is 72.1 Å². The second kappa shape index (κ2) is 15.4. The van der Waals surface area contributed by atoms with Crippen molar-refractivity contribution in [2.45, 2.75) is 50.6 Å². The van der Waals surface area contributed by atoms with Crippen LogP contribution in [-0.4, -0.2) is 47.0 Å². The predicted octanol–water partition coefficient (Wildman–Crippen LogP) is 3.73. The molecular formula is C28H38Cl2N6O2. The van der Waals surface area contributed by atoms with Crippen molar-refractivity contribution in [3.63, 3.8) is 0 Å². The van der Waals surface area contributed by atoms with E-state index in [-0.39, 0.29) is 36.6 Å². The molecule has 0 spiro atoms. The number of aromatic nitrogens is 2. The Bertz CT molecular complexity index is 1200. The SMILES string of the molecule is Cl.Cl.NC(Cc1c[nH]c2ccccc12)C(=O)NCCCCCCNC(=O)C(N)Cc1c[nH]c2ccccc12. The van der Waals surface area contributed by atoms with Crippen LogP contribution in [-0.2, 0) is 22.4 Å². The fourth-order valence-corrected chi connectivity index (χ4v) is 4.55. The number of rotatable bonds is 13. The maximum absolute atomic E-state index is 12.4. The molecule has 4 rings (SSSR count). The van der Waals surface area contributed by atoms with E-state index in [0.29, 0.717) is 25.9 Å². The number of amides is 2. The number of nitrogens with two attached hydrogens (primary N) is 2. The number of H-pyrrole nitrogens is 2. The summed E-state index contributed by atoms with van der Waals surface area (Å²) in [5.74, 6) is -0.256. The Morgan fingerprint density at radius 1 is 0.658 bits per heavy atom. The Labute approximate surface area is 235 Å². The molecule has 2 heterocycles. The monoisotopic (exact) mass is 560 g/mol. The van der Waals surface area contributed by atoms with Gasteiger partial charge in [0.1, 0.15) is 0 Å². The van der Waals surface area contributed by atoms with Crippen molar-refractivity contribution < 1.29 is 9.59 Å². The van der Waals surface area contributed by atoms with E-state index in [0.717, 1.165) is 58.6 Å². The summed E-state index contributed by atoms with van der Waals surface area (Å²) in [6, 6.07) is 14.9. The maximum atomic E-state index is 12.4. The molecule has 2 aromatic carbocycles. The van der Waals surface area contributed by atoms with Crippen LogP contribution >= 0.6 is 24.8 Å². The largest absolute Gasteiger partial charge is 0.361 e. The first-order valence-corrected chi connectivity index (χ1v) is 12.7. The van der Waals surface area contributed by atoms with Crippen molar-refractivity contribution >= 4 is 58.4 Å². The summed E-state index contributed by atoms with van der Waals surface area (Å²) in [4.78, 5) is 31.1. The van der Waals surface area contributed by atoms with Crippen LogP contribution in [0.3, 0.4) is 0 Å². The van der Waals surface area contributed by atoms with Crippen molar-refractivity contribution in [2.75, 3.05) is 13.1 Å². The minimum atomic E-state index is -0.576. The lowest BCUT2D eigenvalue weighted by Crippen LogP contribution is -2.42. The number of hydrogen-bond acceptors (Lipinski definition) is 4. The summed E-state index contributed by atoms with van der Waals surface area (Å²) in [5, 5.41) is 8.08. The van der Waals surface area contributed by atoms with Crippen LogP contribution in [0.15, 0.2) is 60.9 Å². The molecule has 8 nitrogen and oxygen atoms in total. The van der Waals surface area contributed by atoms with Crippen molar-refractivity contribution in [2.24, 2.45) is 11.5 Å². The van der Waals surface area contributed by atoms with Gasteiger partial charge in [-0.2, -0.15) is 0 Å². The van der Waals surface area contributed by atoms with Crippen LogP contribution in [0.25, 0.3) is 21.8 Å². The van der Waals surface area contributed by atoms with Gasteiger partial charge in [0.05, 0.1) is 12.1 Å². The molecule has 0 radical (unpaired) electrons. The Kier molecular flexibility index (Phi) is 12.6. The molecule has 2 unspecified atom stereocenters. The molecule has 0 aliphatic heterocycles. The number of carbonyl (C=O) groups excluding carboxylic acids is 2. The van der Waals surface area contributed by atoms with Crippen LogP contribution in [0.4, 0.5) is 0 Å². The maximum Gasteiger partial charge on any atom is 0.237 e. The number of nitrogens with one attached hydrogen (secondary N) is 4. The number of hydrogen-bond donors (Lipinski definition) is 6. The zero-order chi connectivity index (χ0) is 25.3. The summed E-state index contributed by atoms with van der Waals surface area (Å²) < 4.78 is 0. The van der Waals surface area contributed by atoms with Gasteiger partial charge < -0.3 is 32.1 Å². The van der Waals surface area contributed by atoms with Crippen LogP contribution in [0.2, 0.25) is 0 Å². The normalized spacial score (nSPS) is 12.4.